The summed E-state index contributed by atoms with van der Waals surface area (Å²) in [5.41, 5.74) is -0.855. The van der Waals surface area contributed by atoms with Crippen LogP contribution in [-0.2, 0) is 11.0 Å². The van der Waals surface area contributed by atoms with Gasteiger partial charge in [0.25, 0.3) is 0 Å². The lowest BCUT2D eigenvalue weighted by molar-refractivity contribution is -0.138. The molecule has 2 aliphatic rings. The third-order valence-corrected chi connectivity index (χ3v) is 6.93. The number of alkyl halides is 3. The quantitative estimate of drug-likeness (QED) is 0.617. The molecule has 1 aromatic heterocycles. The van der Waals surface area contributed by atoms with Gasteiger partial charge in [0.05, 0.1) is 10.6 Å². The highest BCUT2D eigenvalue weighted by atomic mass is 35.5. The van der Waals surface area contributed by atoms with Gasteiger partial charge in [-0.1, -0.05) is 30.9 Å². The van der Waals surface area contributed by atoms with Crippen LogP contribution in [0.3, 0.4) is 0 Å². The van der Waals surface area contributed by atoms with E-state index in [2.05, 4.69) is 16.9 Å². The van der Waals surface area contributed by atoms with Gasteiger partial charge in [-0.05, 0) is 38.8 Å². The largest absolute Gasteiger partial charge is 0.417 e. The zero-order valence-corrected chi connectivity index (χ0v) is 19.1. The molecule has 1 saturated carbocycles. The monoisotopic (exact) mass is 460 g/mol. The van der Waals surface area contributed by atoms with E-state index in [4.69, 9.17) is 11.6 Å². The molecule has 1 saturated heterocycles. The second-order valence-corrected chi connectivity index (χ2v) is 9.23. The number of aromatic nitrogens is 1. The fraction of sp³-hybridized carbons (Fsp3) is 0.727. The van der Waals surface area contributed by atoms with Crippen molar-refractivity contribution in [2.45, 2.75) is 57.2 Å². The Morgan fingerprint density at radius 2 is 1.77 bits per heavy atom. The zero-order valence-electron chi connectivity index (χ0n) is 18.3. The van der Waals surface area contributed by atoms with Crippen LogP contribution in [0.15, 0.2) is 12.3 Å². The summed E-state index contributed by atoms with van der Waals surface area (Å²) in [5.74, 6) is 0.417. The summed E-state index contributed by atoms with van der Waals surface area (Å²) < 4.78 is 38.5. The molecular weight excluding hydrogens is 429 g/mol. The molecule has 0 spiro atoms. The molecule has 1 amide bonds. The van der Waals surface area contributed by atoms with E-state index in [9.17, 15) is 18.0 Å². The van der Waals surface area contributed by atoms with Crippen molar-refractivity contribution in [2.24, 2.45) is 5.92 Å². The van der Waals surface area contributed by atoms with E-state index in [1.807, 2.05) is 16.8 Å². The SMILES string of the molecule is CN(CCN(C)C1CCCCC1)C(=O)C1CCN(c2ncc(C(F)(F)F)cc2Cl)CC1. The van der Waals surface area contributed by atoms with Gasteiger partial charge in [0.2, 0.25) is 5.91 Å². The van der Waals surface area contributed by atoms with Crippen molar-refractivity contribution < 1.29 is 18.0 Å². The van der Waals surface area contributed by atoms with Crippen LogP contribution in [0.5, 0.6) is 0 Å². The summed E-state index contributed by atoms with van der Waals surface area (Å²) in [4.78, 5) is 22.9. The lowest BCUT2D eigenvalue weighted by atomic mass is 9.94. The fourth-order valence-corrected chi connectivity index (χ4v) is 4.88. The summed E-state index contributed by atoms with van der Waals surface area (Å²) in [6.45, 7) is 2.67. The number of halogens is 4. The average molecular weight is 461 g/mol. The number of carbonyl (C=O) groups excluding carboxylic acids is 1. The third kappa shape index (κ3) is 6.25. The Hall–Kier alpha value is -1.54. The first-order valence-electron chi connectivity index (χ1n) is 11.1. The Morgan fingerprint density at radius 3 is 2.35 bits per heavy atom. The molecule has 2 fully saturated rings. The number of piperidine rings is 1. The topological polar surface area (TPSA) is 39.7 Å². The minimum absolute atomic E-state index is 0.0116. The molecule has 5 nitrogen and oxygen atoms in total. The van der Waals surface area contributed by atoms with Crippen LogP contribution in [0.1, 0.15) is 50.5 Å². The highest BCUT2D eigenvalue weighted by Gasteiger charge is 2.33. The number of likely N-dealkylation sites (N-methyl/N-ethyl adjacent to an activating group) is 2. The normalized spacial score (nSPS) is 19.1. The van der Waals surface area contributed by atoms with E-state index in [1.54, 1.807) is 0 Å². The standard InChI is InChI=1S/C22H32ClF3N4O/c1-28(18-6-4-3-5-7-18)12-13-29(2)21(31)16-8-10-30(11-9-16)20-19(23)14-17(15-27-20)22(24,25)26/h14-16,18H,3-13H2,1-2H3. The smallest absolute Gasteiger partial charge is 0.355 e. The van der Waals surface area contributed by atoms with Crippen molar-refractivity contribution in [1.29, 1.82) is 0 Å². The predicted octanol–water partition coefficient (Wildman–Crippen LogP) is 4.69. The molecule has 2 heterocycles. The number of amides is 1. The van der Waals surface area contributed by atoms with Crippen LogP contribution in [-0.4, -0.2) is 67.0 Å². The number of rotatable bonds is 6. The van der Waals surface area contributed by atoms with Crippen molar-refractivity contribution in [3.8, 4) is 0 Å². The molecule has 31 heavy (non-hydrogen) atoms. The molecule has 1 aliphatic heterocycles. The number of anilines is 1. The maximum atomic E-state index is 12.9. The Bertz CT molecular complexity index is 747. The molecule has 174 valence electrons. The summed E-state index contributed by atoms with van der Waals surface area (Å²) in [6, 6.07) is 1.54. The van der Waals surface area contributed by atoms with Gasteiger partial charge in [-0.3, -0.25) is 4.79 Å². The summed E-state index contributed by atoms with van der Waals surface area (Å²) in [5, 5.41) is -0.0116. The lowest BCUT2D eigenvalue weighted by Crippen LogP contribution is -2.44. The number of carbonyl (C=O) groups is 1. The second kappa shape index (κ2) is 10.4. The minimum Gasteiger partial charge on any atom is -0.355 e. The summed E-state index contributed by atoms with van der Waals surface area (Å²) >= 11 is 6.07. The van der Waals surface area contributed by atoms with E-state index in [1.165, 1.54) is 32.1 Å². The molecule has 9 heteroatoms. The fourth-order valence-electron chi connectivity index (χ4n) is 4.59. The van der Waals surface area contributed by atoms with Gasteiger partial charge < -0.3 is 14.7 Å². The first-order valence-corrected chi connectivity index (χ1v) is 11.5. The van der Waals surface area contributed by atoms with E-state index in [0.29, 0.717) is 44.3 Å². The van der Waals surface area contributed by atoms with E-state index in [0.717, 1.165) is 18.8 Å². The van der Waals surface area contributed by atoms with Crippen molar-refractivity contribution >= 4 is 23.3 Å². The lowest BCUT2D eigenvalue weighted by Gasteiger charge is -2.35. The summed E-state index contributed by atoms with van der Waals surface area (Å²) in [6.07, 6.45) is 4.02. The van der Waals surface area contributed by atoms with Gasteiger partial charge in [0.15, 0.2) is 0 Å². The van der Waals surface area contributed by atoms with E-state index in [-0.39, 0.29) is 16.8 Å². The van der Waals surface area contributed by atoms with Crippen LogP contribution in [0.4, 0.5) is 19.0 Å². The maximum Gasteiger partial charge on any atom is 0.417 e. The Balaban J connectivity index is 1.48. The molecular formula is C22H32ClF3N4O. The molecule has 1 aromatic rings. The van der Waals surface area contributed by atoms with Crippen LogP contribution >= 0.6 is 11.6 Å². The zero-order chi connectivity index (χ0) is 22.6. The molecule has 0 N–H and O–H groups in total. The number of hydrogen-bond donors (Lipinski definition) is 0. The van der Waals surface area contributed by atoms with Crippen LogP contribution < -0.4 is 4.90 Å². The van der Waals surface area contributed by atoms with E-state index >= 15 is 0 Å². The third-order valence-electron chi connectivity index (χ3n) is 6.66. The van der Waals surface area contributed by atoms with Gasteiger partial charge in [-0.25, -0.2) is 4.98 Å². The van der Waals surface area contributed by atoms with Crippen LogP contribution in [0, 0.1) is 5.92 Å². The van der Waals surface area contributed by atoms with Crippen molar-refractivity contribution in [3.63, 3.8) is 0 Å². The highest BCUT2D eigenvalue weighted by molar-refractivity contribution is 6.33. The predicted molar refractivity (Wildman–Crippen MR) is 116 cm³/mol. The van der Waals surface area contributed by atoms with Crippen LogP contribution in [0.25, 0.3) is 0 Å². The number of hydrogen-bond acceptors (Lipinski definition) is 4. The molecule has 1 aliphatic carbocycles. The number of nitrogens with zero attached hydrogens (tertiary/aromatic N) is 4. The van der Waals surface area contributed by atoms with Gasteiger partial charge >= 0.3 is 6.18 Å². The first-order chi connectivity index (χ1) is 14.7. The van der Waals surface area contributed by atoms with Crippen molar-refractivity contribution in [2.75, 3.05) is 45.2 Å². The van der Waals surface area contributed by atoms with Crippen molar-refractivity contribution in [3.05, 3.63) is 22.8 Å². The van der Waals surface area contributed by atoms with Gasteiger partial charge in [0, 0.05) is 51.4 Å². The van der Waals surface area contributed by atoms with Gasteiger partial charge in [0.1, 0.15) is 5.82 Å². The summed E-state index contributed by atoms with van der Waals surface area (Å²) in [7, 11) is 4.01. The molecule has 3 rings (SSSR count). The molecule has 0 atom stereocenters. The Labute approximate surface area is 187 Å². The average Bonchev–Trinajstić information content (AvgIpc) is 2.76. The van der Waals surface area contributed by atoms with Gasteiger partial charge in [-0.15, -0.1) is 0 Å². The first kappa shape index (κ1) is 24.1. The molecule has 0 unspecified atom stereocenters. The molecule has 0 radical (unpaired) electrons. The highest BCUT2D eigenvalue weighted by Crippen LogP contribution is 2.34. The number of pyridine rings is 1. The Kier molecular flexibility index (Phi) is 8.08. The van der Waals surface area contributed by atoms with Gasteiger partial charge in [-0.2, -0.15) is 13.2 Å². The second-order valence-electron chi connectivity index (χ2n) is 8.82. The molecule has 0 bridgehead atoms. The molecule has 0 aromatic carbocycles. The Morgan fingerprint density at radius 1 is 1.13 bits per heavy atom. The van der Waals surface area contributed by atoms with E-state index < -0.39 is 11.7 Å². The minimum atomic E-state index is -4.47. The van der Waals surface area contributed by atoms with Crippen LogP contribution in [0.2, 0.25) is 5.02 Å². The maximum absolute atomic E-state index is 12.9. The van der Waals surface area contributed by atoms with Crippen molar-refractivity contribution in [1.82, 2.24) is 14.8 Å².